The summed E-state index contributed by atoms with van der Waals surface area (Å²) in [6, 6.07) is 21.8. The van der Waals surface area contributed by atoms with E-state index in [-0.39, 0.29) is 24.6 Å². The Morgan fingerprint density at radius 2 is 1.65 bits per heavy atom. The molecule has 37 heavy (non-hydrogen) atoms. The number of anilines is 1. The first kappa shape index (κ1) is 28.0. The van der Waals surface area contributed by atoms with E-state index in [1.54, 1.807) is 42.5 Å². The Bertz CT molecular complexity index is 1330. The Labute approximate surface area is 222 Å². The molecular weight excluding hydrogens is 514 g/mol. The van der Waals surface area contributed by atoms with E-state index in [9.17, 15) is 18.0 Å². The summed E-state index contributed by atoms with van der Waals surface area (Å²) in [5.74, 6) is -0.467. The molecule has 10 heteroatoms. The third kappa shape index (κ3) is 7.71. The van der Waals surface area contributed by atoms with Crippen LogP contribution in [0, 0.1) is 0 Å². The van der Waals surface area contributed by atoms with Gasteiger partial charge in [-0.2, -0.15) is 0 Å². The maximum atomic E-state index is 13.8. The number of nitrogens with zero attached hydrogens (tertiary/aromatic N) is 2. The third-order valence-corrected chi connectivity index (χ3v) is 7.16. The minimum absolute atomic E-state index is 0.0556. The number of ether oxygens (including phenoxy) is 1. The van der Waals surface area contributed by atoms with Crippen LogP contribution in [0.3, 0.4) is 0 Å². The van der Waals surface area contributed by atoms with Gasteiger partial charge in [-0.25, -0.2) is 8.42 Å². The lowest BCUT2D eigenvalue weighted by atomic mass is 10.0. The number of hydrogen-bond donors (Lipinski definition) is 1. The number of amides is 2. The average Bonchev–Trinajstić information content (AvgIpc) is 2.88. The van der Waals surface area contributed by atoms with Gasteiger partial charge in [-0.05, 0) is 35.4 Å². The van der Waals surface area contributed by atoms with E-state index in [4.69, 9.17) is 16.3 Å². The van der Waals surface area contributed by atoms with Gasteiger partial charge in [0.2, 0.25) is 21.8 Å². The van der Waals surface area contributed by atoms with Crippen molar-refractivity contribution >= 4 is 39.1 Å². The maximum absolute atomic E-state index is 13.8. The second-order valence-electron chi connectivity index (χ2n) is 8.44. The highest BCUT2D eigenvalue weighted by atomic mass is 35.5. The van der Waals surface area contributed by atoms with Gasteiger partial charge in [0.05, 0.1) is 19.1 Å². The van der Waals surface area contributed by atoms with Crippen LogP contribution in [0.4, 0.5) is 5.69 Å². The molecule has 0 aliphatic carbocycles. The zero-order valence-electron chi connectivity index (χ0n) is 20.9. The van der Waals surface area contributed by atoms with Crippen molar-refractivity contribution in [3.05, 3.63) is 95.0 Å². The molecule has 0 saturated carbocycles. The van der Waals surface area contributed by atoms with Gasteiger partial charge in [-0.1, -0.05) is 60.1 Å². The smallest absolute Gasteiger partial charge is 0.244 e. The zero-order valence-corrected chi connectivity index (χ0v) is 22.5. The van der Waals surface area contributed by atoms with Crippen LogP contribution in [0.2, 0.25) is 5.02 Å². The van der Waals surface area contributed by atoms with E-state index in [2.05, 4.69) is 5.32 Å². The maximum Gasteiger partial charge on any atom is 0.244 e. The molecule has 3 aromatic carbocycles. The van der Waals surface area contributed by atoms with Gasteiger partial charge in [0.1, 0.15) is 18.3 Å². The fourth-order valence-electron chi connectivity index (χ4n) is 3.93. The predicted octanol–water partition coefficient (Wildman–Crippen LogP) is 3.50. The largest absolute Gasteiger partial charge is 0.497 e. The van der Waals surface area contributed by atoms with Gasteiger partial charge in [-0.3, -0.25) is 13.9 Å². The highest BCUT2D eigenvalue weighted by Crippen LogP contribution is 2.24. The van der Waals surface area contributed by atoms with Crippen molar-refractivity contribution in [2.45, 2.75) is 19.0 Å². The number of carbonyl (C=O) groups excluding carboxylic acids is 2. The molecule has 0 heterocycles. The van der Waals surface area contributed by atoms with Gasteiger partial charge in [0.25, 0.3) is 0 Å². The number of methoxy groups -OCH3 is 1. The lowest BCUT2D eigenvalue weighted by Crippen LogP contribution is -2.52. The number of rotatable bonds is 11. The Morgan fingerprint density at radius 3 is 2.27 bits per heavy atom. The molecule has 0 aliphatic rings. The molecule has 0 bridgehead atoms. The van der Waals surface area contributed by atoms with Crippen molar-refractivity contribution in [3.8, 4) is 5.75 Å². The Kier molecular flexibility index (Phi) is 9.54. The summed E-state index contributed by atoms with van der Waals surface area (Å²) in [7, 11) is -0.880. The van der Waals surface area contributed by atoms with E-state index in [0.717, 1.165) is 16.1 Å². The first-order chi connectivity index (χ1) is 17.6. The van der Waals surface area contributed by atoms with Crippen molar-refractivity contribution in [3.63, 3.8) is 0 Å². The van der Waals surface area contributed by atoms with Gasteiger partial charge in [0, 0.05) is 31.1 Å². The molecule has 2 amide bonds. The van der Waals surface area contributed by atoms with Crippen LogP contribution in [-0.2, 0) is 32.6 Å². The number of sulfonamides is 1. The fourth-order valence-corrected chi connectivity index (χ4v) is 4.99. The van der Waals surface area contributed by atoms with Crippen LogP contribution in [0.1, 0.15) is 11.1 Å². The van der Waals surface area contributed by atoms with Gasteiger partial charge < -0.3 is 15.0 Å². The monoisotopic (exact) mass is 543 g/mol. The molecule has 1 atom stereocenters. The normalized spacial score (nSPS) is 11.9. The van der Waals surface area contributed by atoms with Gasteiger partial charge >= 0.3 is 0 Å². The highest BCUT2D eigenvalue weighted by molar-refractivity contribution is 7.92. The molecule has 1 N–H and O–H groups in total. The third-order valence-electron chi connectivity index (χ3n) is 5.78. The van der Waals surface area contributed by atoms with Crippen molar-refractivity contribution in [1.82, 2.24) is 10.2 Å². The molecule has 3 rings (SSSR count). The number of nitrogens with one attached hydrogen (secondary N) is 1. The molecule has 0 aliphatic heterocycles. The van der Waals surface area contributed by atoms with Crippen molar-refractivity contribution in [1.29, 1.82) is 0 Å². The van der Waals surface area contributed by atoms with Gasteiger partial charge in [0.15, 0.2) is 0 Å². The number of halogens is 1. The van der Waals surface area contributed by atoms with E-state index in [1.165, 1.54) is 25.1 Å². The van der Waals surface area contributed by atoms with Crippen LogP contribution >= 0.6 is 11.6 Å². The summed E-state index contributed by atoms with van der Waals surface area (Å²) in [4.78, 5) is 28.3. The summed E-state index contributed by atoms with van der Waals surface area (Å²) < 4.78 is 31.8. The zero-order chi connectivity index (χ0) is 27.0. The number of benzene rings is 3. The summed E-state index contributed by atoms with van der Waals surface area (Å²) >= 11 is 6.18. The van der Waals surface area contributed by atoms with E-state index in [1.807, 2.05) is 30.3 Å². The van der Waals surface area contributed by atoms with Crippen molar-refractivity contribution < 1.29 is 22.7 Å². The van der Waals surface area contributed by atoms with E-state index >= 15 is 0 Å². The number of likely N-dealkylation sites (N-methyl/N-ethyl adjacent to an activating group) is 1. The molecule has 0 fully saturated rings. The van der Waals surface area contributed by atoms with Crippen molar-refractivity contribution in [2.24, 2.45) is 0 Å². The SMILES string of the molecule is CNC(=O)[C@@H](Cc1ccccc1)N(Cc1cccc(Cl)c1)C(=O)CN(c1cccc(OC)c1)S(C)(=O)=O. The Morgan fingerprint density at radius 1 is 0.973 bits per heavy atom. The van der Waals surface area contributed by atoms with E-state index < -0.39 is 28.5 Å². The minimum atomic E-state index is -3.85. The van der Waals surface area contributed by atoms with Gasteiger partial charge in [-0.15, -0.1) is 0 Å². The van der Waals surface area contributed by atoms with Crippen LogP contribution in [0.25, 0.3) is 0 Å². The lowest BCUT2D eigenvalue weighted by molar-refractivity contribution is -0.139. The lowest BCUT2D eigenvalue weighted by Gasteiger charge is -2.33. The first-order valence-electron chi connectivity index (χ1n) is 11.5. The topological polar surface area (TPSA) is 96.0 Å². The summed E-state index contributed by atoms with van der Waals surface area (Å²) in [6.45, 7) is -0.450. The molecule has 0 radical (unpaired) electrons. The Hall–Kier alpha value is -3.56. The number of hydrogen-bond acceptors (Lipinski definition) is 5. The molecule has 0 saturated heterocycles. The fraction of sp³-hybridized carbons (Fsp3) is 0.259. The summed E-state index contributed by atoms with van der Waals surface area (Å²) in [6.07, 6.45) is 1.27. The van der Waals surface area contributed by atoms with Crippen molar-refractivity contribution in [2.75, 3.05) is 31.3 Å². The molecular formula is C27H30ClN3O5S. The van der Waals surface area contributed by atoms with E-state index in [0.29, 0.717) is 16.3 Å². The first-order valence-corrected chi connectivity index (χ1v) is 13.8. The second kappa shape index (κ2) is 12.6. The molecule has 0 unspecified atom stereocenters. The average molecular weight is 544 g/mol. The molecule has 0 aromatic heterocycles. The quantitative estimate of drug-likeness (QED) is 0.399. The summed E-state index contributed by atoms with van der Waals surface area (Å²) in [5, 5.41) is 3.13. The molecule has 0 spiro atoms. The summed E-state index contributed by atoms with van der Waals surface area (Å²) in [5.41, 5.74) is 1.83. The molecule has 8 nitrogen and oxygen atoms in total. The molecule has 196 valence electrons. The highest BCUT2D eigenvalue weighted by Gasteiger charge is 2.32. The predicted molar refractivity (Wildman–Crippen MR) is 145 cm³/mol. The standard InChI is InChI=1S/C27H30ClN3O5S/c1-29-27(33)25(16-20-9-5-4-6-10-20)30(18-21-11-7-12-22(28)15-21)26(32)19-31(37(3,34)35)23-13-8-14-24(17-23)36-2/h4-15,17,25H,16,18-19H2,1-3H3,(H,29,33)/t25-/m1/s1. The van der Waals surface area contributed by atoms with Crippen LogP contribution in [0.15, 0.2) is 78.9 Å². The minimum Gasteiger partial charge on any atom is -0.497 e. The van der Waals surface area contributed by atoms with Crippen LogP contribution < -0.4 is 14.4 Å². The van der Waals surface area contributed by atoms with Crippen LogP contribution in [-0.4, -0.2) is 58.1 Å². The number of carbonyl (C=O) groups is 2. The molecule has 3 aromatic rings. The Balaban J connectivity index is 2.03. The van der Waals surface area contributed by atoms with Crippen LogP contribution in [0.5, 0.6) is 5.75 Å². The second-order valence-corrected chi connectivity index (χ2v) is 10.8.